The normalized spacial score (nSPS) is 20.0. The number of sulfonamides is 1. The number of nitrogens with one attached hydrogen (secondary N) is 1. The molecule has 16 nitrogen and oxygen atoms in total. The third-order valence-corrected chi connectivity index (χ3v) is 15.0. The highest BCUT2D eigenvalue weighted by molar-refractivity contribution is 7.89. The predicted molar refractivity (Wildman–Crippen MR) is 235 cm³/mol. The number of hydrogen-bond donors (Lipinski definition) is 2. The summed E-state index contributed by atoms with van der Waals surface area (Å²) < 4.78 is 83.9. The Morgan fingerprint density at radius 3 is 2.11 bits per heavy atom. The molecule has 3 aliphatic rings. The van der Waals surface area contributed by atoms with Crippen molar-refractivity contribution in [3.8, 4) is 11.5 Å². The minimum atomic E-state index is -4.17. The van der Waals surface area contributed by atoms with Crippen molar-refractivity contribution in [1.29, 1.82) is 0 Å². The molecule has 0 bridgehead atoms. The van der Waals surface area contributed by atoms with Crippen molar-refractivity contribution in [2.45, 2.75) is 68.3 Å². The number of hydrogen-bond acceptors (Lipinski definition) is 13. The van der Waals surface area contributed by atoms with Crippen LogP contribution >= 0.6 is 7.60 Å². The van der Waals surface area contributed by atoms with Gasteiger partial charge in [0.2, 0.25) is 16.4 Å². The average Bonchev–Trinajstić information content (AvgIpc) is 3.96. The number of carbonyl (C=O) groups excluding carboxylic acids is 2. The molecular weight excluding hydrogens is 866 g/mol. The first-order valence-corrected chi connectivity index (χ1v) is 24.6. The lowest BCUT2D eigenvalue weighted by Crippen LogP contribution is -2.52. The molecule has 7 rings (SSSR count). The smallest absolute Gasteiger partial charge is 0.407 e. The predicted octanol–water partition coefficient (Wildman–Crippen LogP) is 5.98. The van der Waals surface area contributed by atoms with Crippen LogP contribution < -0.4 is 14.8 Å². The number of piperidine rings is 1. The monoisotopic (exact) mass is 921 g/mol. The highest BCUT2D eigenvalue weighted by Gasteiger charge is 2.44. The molecule has 4 aromatic rings. The van der Waals surface area contributed by atoms with Gasteiger partial charge in [-0.05, 0) is 84.7 Å². The van der Waals surface area contributed by atoms with Gasteiger partial charge in [-0.25, -0.2) is 13.2 Å². The third-order valence-electron chi connectivity index (χ3n) is 11.7. The number of likely N-dealkylation sites (tertiary alicyclic amines) is 1. The van der Waals surface area contributed by atoms with Crippen LogP contribution in [0.1, 0.15) is 36.0 Å². The lowest BCUT2D eigenvalue weighted by atomic mass is 9.96. The largest absolute Gasteiger partial charge is 0.497 e. The number of carbonyl (C=O) groups is 2. The second-order valence-corrected chi connectivity index (χ2v) is 20.1. The molecule has 4 aromatic carbocycles. The number of aliphatic hydroxyl groups is 1. The number of rotatable bonds is 22. The number of nitrogens with zero attached hydrogens (tertiary/aromatic N) is 2. The summed E-state index contributed by atoms with van der Waals surface area (Å²) in [5.41, 5.74) is 2.30. The van der Waals surface area contributed by atoms with E-state index >= 15 is 0 Å². The number of methoxy groups -OCH3 is 1. The fourth-order valence-electron chi connectivity index (χ4n) is 7.92. The molecule has 0 radical (unpaired) electrons. The molecule has 0 aromatic heterocycles. The van der Waals surface area contributed by atoms with Gasteiger partial charge in [0.05, 0.1) is 56.5 Å². The number of alkyl carbamates (subject to hydrolysis) is 1. The molecule has 0 saturated carbocycles. The van der Waals surface area contributed by atoms with E-state index in [1.54, 1.807) is 41.3 Å². The van der Waals surface area contributed by atoms with Crippen LogP contribution in [-0.2, 0) is 62.3 Å². The molecule has 3 fully saturated rings. The van der Waals surface area contributed by atoms with Crippen LogP contribution in [-0.4, -0.2) is 113 Å². The maximum absolute atomic E-state index is 14.3. The van der Waals surface area contributed by atoms with E-state index in [2.05, 4.69) is 5.32 Å². The van der Waals surface area contributed by atoms with E-state index in [-0.39, 0.29) is 62.4 Å². The molecule has 3 saturated heterocycles. The first kappa shape index (κ1) is 47.1. The fourth-order valence-corrected chi connectivity index (χ4v) is 10.7. The highest BCUT2D eigenvalue weighted by atomic mass is 32.2. The summed E-state index contributed by atoms with van der Waals surface area (Å²) >= 11 is 0. The molecule has 64 heavy (non-hydrogen) atoms. The van der Waals surface area contributed by atoms with Gasteiger partial charge in [-0.3, -0.25) is 9.36 Å². The Kier molecular flexibility index (Phi) is 16.5. The molecule has 2 N–H and O–H groups in total. The van der Waals surface area contributed by atoms with Gasteiger partial charge in [-0.1, -0.05) is 72.8 Å². The maximum Gasteiger partial charge on any atom is 0.407 e. The lowest BCUT2D eigenvalue weighted by Gasteiger charge is -2.35. The van der Waals surface area contributed by atoms with Crippen LogP contribution in [0.2, 0.25) is 0 Å². The Morgan fingerprint density at radius 2 is 1.50 bits per heavy atom. The van der Waals surface area contributed by atoms with E-state index in [0.717, 1.165) is 17.5 Å². The van der Waals surface area contributed by atoms with Gasteiger partial charge in [-0.2, -0.15) is 4.31 Å². The maximum atomic E-state index is 14.3. The second kappa shape index (κ2) is 22.4. The number of fused-ring (bicyclic) bond motifs is 1. The van der Waals surface area contributed by atoms with E-state index in [0.29, 0.717) is 56.0 Å². The Morgan fingerprint density at radius 1 is 0.875 bits per heavy atom. The SMILES string of the molecule is COc1ccc(S(=O)(=O)N(CC2CCN(C=O)CC2)C[C@@H](O)[C@H](Cc2ccc(OCP(=O)(OCc3ccccc3)OCc3ccccc3)cc2)NC(=O)OC2CO[C@H]3OCC[C@@H]23)cc1. The molecule has 3 heterocycles. The highest BCUT2D eigenvalue weighted by Crippen LogP contribution is 2.50. The van der Waals surface area contributed by atoms with Gasteiger partial charge < -0.3 is 48.1 Å². The minimum absolute atomic E-state index is 0.0142. The third kappa shape index (κ3) is 12.9. The second-order valence-electron chi connectivity index (χ2n) is 16.1. The quantitative estimate of drug-likeness (QED) is 0.0693. The molecular formula is C46H56N3O13PS. The molecule has 344 valence electrons. The van der Waals surface area contributed by atoms with Gasteiger partial charge in [0.15, 0.2) is 12.6 Å². The summed E-state index contributed by atoms with van der Waals surface area (Å²) in [6.07, 6.45) is -0.902. The van der Waals surface area contributed by atoms with Gasteiger partial charge in [0, 0.05) is 26.2 Å². The Bertz CT molecular complexity index is 2200. The van der Waals surface area contributed by atoms with Crippen molar-refractivity contribution in [3.63, 3.8) is 0 Å². The lowest BCUT2D eigenvalue weighted by molar-refractivity contribution is -0.119. The van der Waals surface area contributed by atoms with Crippen LogP contribution in [0.5, 0.6) is 11.5 Å². The fraction of sp³-hybridized carbons (Fsp3) is 0.435. The molecule has 5 atom stereocenters. The van der Waals surface area contributed by atoms with E-state index < -0.39 is 48.3 Å². The summed E-state index contributed by atoms with van der Waals surface area (Å²) in [6.45, 7) is 1.45. The summed E-state index contributed by atoms with van der Waals surface area (Å²) in [4.78, 5) is 26.7. The zero-order valence-electron chi connectivity index (χ0n) is 35.7. The first-order chi connectivity index (χ1) is 31.0. The summed E-state index contributed by atoms with van der Waals surface area (Å²) in [6, 6.07) is 30.4. The van der Waals surface area contributed by atoms with E-state index in [9.17, 15) is 27.7 Å². The summed E-state index contributed by atoms with van der Waals surface area (Å²) in [5, 5.41) is 14.8. The van der Waals surface area contributed by atoms with Crippen LogP contribution in [0.25, 0.3) is 0 Å². The van der Waals surface area contributed by atoms with Gasteiger partial charge >= 0.3 is 13.7 Å². The average molecular weight is 922 g/mol. The van der Waals surface area contributed by atoms with E-state index in [1.165, 1.54) is 23.5 Å². The Balaban J connectivity index is 1.07. The molecule has 3 aliphatic heterocycles. The van der Waals surface area contributed by atoms with Crippen molar-refractivity contribution in [3.05, 3.63) is 126 Å². The van der Waals surface area contributed by atoms with Gasteiger partial charge in [-0.15, -0.1) is 0 Å². The van der Waals surface area contributed by atoms with Crippen molar-refractivity contribution < 1.29 is 60.4 Å². The van der Waals surface area contributed by atoms with Crippen LogP contribution in [0.4, 0.5) is 4.79 Å². The van der Waals surface area contributed by atoms with Gasteiger partial charge in [0.25, 0.3) is 0 Å². The van der Waals surface area contributed by atoms with Gasteiger partial charge in [0.1, 0.15) is 17.6 Å². The van der Waals surface area contributed by atoms with Crippen molar-refractivity contribution >= 4 is 30.1 Å². The number of ether oxygens (including phenoxy) is 5. The van der Waals surface area contributed by atoms with Crippen LogP contribution in [0.3, 0.4) is 0 Å². The number of aliphatic hydroxyl groups excluding tert-OH is 1. The molecule has 1 unspecified atom stereocenters. The molecule has 0 aliphatic carbocycles. The summed E-state index contributed by atoms with van der Waals surface area (Å²) in [7, 11) is -6.46. The minimum Gasteiger partial charge on any atom is -0.497 e. The molecule has 2 amide bonds. The number of benzene rings is 4. The van der Waals surface area contributed by atoms with Crippen LogP contribution in [0, 0.1) is 11.8 Å². The zero-order chi connectivity index (χ0) is 44.9. The van der Waals surface area contributed by atoms with E-state index in [4.69, 9.17) is 32.7 Å². The van der Waals surface area contributed by atoms with E-state index in [1.807, 2.05) is 60.7 Å². The van der Waals surface area contributed by atoms with Crippen LogP contribution in [0.15, 0.2) is 114 Å². The van der Waals surface area contributed by atoms with Crippen molar-refractivity contribution in [2.24, 2.45) is 11.8 Å². The molecule has 18 heteroatoms. The van der Waals surface area contributed by atoms with Crippen molar-refractivity contribution in [2.75, 3.05) is 52.9 Å². The molecule has 0 spiro atoms. The Hall–Kier alpha value is -4.84. The summed E-state index contributed by atoms with van der Waals surface area (Å²) in [5.74, 6) is 0.634. The topological polar surface area (TPSA) is 189 Å². The zero-order valence-corrected chi connectivity index (χ0v) is 37.4. The van der Waals surface area contributed by atoms with Crippen molar-refractivity contribution in [1.82, 2.24) is 14.5 Å². The first-order valence-electron chi connectivity index (χ1n) is 21.4. The standard InChI is InChI=1S/C46H56N3O13PS/c1-56-38-16-18-40(19-17-38)64(54,55)49(27-35-20-23-48(32-50)24-21-35)28-43(51)42(47-46(52)62-44-31-58-45-41(44)22-25-57-45)26-34-12-14-39(15-13-34)59-33-63(53,60-29-36-8-4-2-5-9-36)61-30-37-10-6-3-7-11-37/h2-19,32,35,41-45,51H,20-31,33H2,1H3,(H,47,52)/t41-,42-,43+,44?,45+/m0/s1. The number of amides is 2. The Labute approximate surface area is 374 Å².